The highest BCUT2D eigenvalue weighted by Crippen LogP contribution is 2.18. The molecule has 4 rings (SSSR count). The lowest BCUT2D eigenvalue weighted by Crippen LogP contribution is -2.38. The second-order valence-electron chi connectivity index (χ2n) is 7.42. The molecule has 1 amide bonds. The summed E-state index contributed by atoms with van der Waals surface area (Å²) in [7, 11) is 0. The number of ether oxygens (including phenoxy) is 1. The Morgan fingerprint density at radius 2 is 1.79 bits per heavy atom. The predicted octanol–water partition coefficient (Wildman–Crippen LogP) is 2.47. The fourth-order valence-corrected chi connectivity index (χ4v) is 3.77. The van der Waals surface area contributed by atoms with Crippen LogP contribution in [0.15, 0.2) is 54.6 Å². The molecule has 0 radical (unpaired) electrons. The van der Waals surface area contributed by atoms with Crippen LogP contribution < -0.4 is 5.32 Å². The summed E-state index contributed by atoms with van der Waals surface area (Å²) in [4.78, 5) is 19.8. The number of amides is 1. The van der Waals surface area contributed by atoms with Crippen LogP contribution in [0.3, 0.4) is 0 Å². The number of benzene rings is 2. The third-order valence-electron chi connectivity index (χ3n) is 5.32. The molecule has 2 heterocycles. The minimum Gasteiger partial charge on any atom is -0.379 e. The van der Waals surface area contributed by atoms with Gasteiger partial charge in [0.2, 0.25) is 5.91 Å². The molecule has 2 aromatic carbocycles. The van der Waals surface area contributed by atoms with E-state index in [0.29, 0.717) is 19.5 Å². The molecule has 0 aliphatic carbocycles. The van der Waals surface area contributed by atoms with Gasteiger partial charge in [0.25, 0.3) is 0 Å². The molecular formula is C23H28N4O2. The van der Waals surface area contributed by atoms with Crippen LogP contribution in [0.5, 0.6) is 0 Å². The topological polar surface area (TPSA) is 59.4 Å². The van der Waals surface area contributed by atoms with Gasteiger partial charge in [-0.1, -0.05) is 42.5 Å². The molecule has 6 heteroatoms. The van der Waals surface area contributed by atoms with Crippen LogP contribution in [0.2, 0.25) is 0 Å². The van der Waals surface area contributed by atoms with E-state index in [-0.39, 0.29) is 5.91 Å². The highest BCUT2D eigenvalue weighted by molar-refractivity contribution is 5.81. The normalized spacial score (nSPS) is 14.9. The fraction of sp³-hybridized carbons (Fsp3) is 0.391. The van der Waals surface area contributed by atoms with E-state index < -0.39 is 0 Å². The molecule has 29 heavy (non-hydrogen) atoms. The zero-order valence-corrected chi connectivity index (χ0v) is 16.7. The molecule has 0 atom stereocenters. The van der Waals surface area contributed by atoms with Crippen molar-refractivity contribution in [3.05, 3.63) is 66.0 Å². The maximum Gasteiger partial charge on any atom is 0.240 e. The molecule has 1 fully saturated rings. The van der Waals surface area contributed by atoms with Crippen LogP contribution in [-0.2, 0) is 22.5 Å². The summed E-state index contributed by atoms with van der Waals surface area (Å²) in [6, 6.07) is 18.3. The SMILES string of the molecule is O=C(Cn1c(Cc2ccccc2)nc2ccccc21)NCCCN1CCOCC1. The number of nitrogens with one attached hydrogen (secondary N) is 1. The van der Waals surface area contributed by atoms with E-state index in [1.165, 1.54) is 5.56 Å². The average molecular weight is 393 g/mol. The van der Waals surface area contributed by atoms with E-state index in [4.69, 9.17) is 9.72 Å². The first-order chi connectivity index (χ1) is 14.3. The van der Waals surface area contributed by atoms with Gasteiger partial charge in [-0.3, -0.25) is 9.69 Å². The first kappa shape index (κ1) is 19.6. The number of aromatic nitrogens is 2. The minimum absolute atomic E-state index is 0.0319. The highest BCUT2D eigenvalue weighted by atomic mass is 16.5. The van der Waals surface area contributed by atoms with E-state index in [1.807, 2.05) is 47.0 Å². The number of rotatable bonds is 8. The van der Waals surface area contributed by atoms with Gasteiger partial charge < -0.3 is 14.6 Å². The van der Waals surface area contributed by atoms with Gasteiger partial charge in [-0.25, -0.2) is 4.98 Å². The zero-order chi connectivity index (χ0) is 19.9. The van der Waals surface area contributed by atoms with Crippen LogP contribution in [0.25, 0.3) is 11.0 Å². The molecule has 1 aliphatic rings. The number of para-hydroxylation sites is 2. The van der Waals surface area contributed by atoms with Gasteiger partial charge in [0, 0.05) is 26.1 Å². The zero-order valence-electron chi connectivity index (χ0n) is 16.7. The monoisotopic (exact) mass is 392 g/mol. The largest absolute Gasteiger partial charge is 0.379 e. The molecule has 1 saturated heterocycles. The average Bonchev–Trinajstić information content (AvgIpc) is 3.10. The van der Waals surface area contributed by atoms with Gasteiger partial charge in [-0.05, 0) is 30.7 Å². The van der Waals surface area contributed by atoms with Crippen molar-refractivity contribution in [3.8, 4) is 0 Å². The Hall–Kier alpha value is -2.70. The van der Waals surface area contributed by atoms with Crippen LogP contribution >= 0.6 is 0 Å². The Labute approximate surface area is 171 Å². The number of carbonyl (C=O) groups is 1. The Morgan fingerprint density at radius 3 is 2.62 bits per heavy atom. The molecule has 1 aromatic heterocycles. The number of hydrogen-bond acceptors (Lipinski definition) is 4. The van der Waals surface area contributed by atoms with E-state index in [9.17, 15) is 4.79 Å². The summed E-state index contributed by atoms with van der Waals surface area (Å²) in [6.07, 6.45) is 1.66. The van der Waals surface area contributed by atoms with Crippen molar-refractivity contribution in [1.82, 2.24) is 19.8 Å². The van der Waals surface area contributed by atoms with E-state index >= 15 is 0 Å². The third-order valence-corrected chi connectivity index (χ3v) is 5.32. The van der Waals surface area contributed by atoms with Crippen LogP contribution in [0.4, 0.5) is 0 Å². The van der Waals surface area contributed by atoms with Gasteiger partial charge in [-0.15, -0.1) is 0 Å². The van der Waals surface area contributed by atoms with Crippen molar-refractivity contribution in [1.29, 1.82) is 0 Å². The lowest BCUT2D eigenvalue weighted by molar-refractivity contribution is -0.121. The van der Waals surface area contributed by atoms with E-state index in [2.05, 4.69) is 22.3 Å². The number of hydrogen-bond donors (Lipinski definition) is 1. The molecule has 1 N–H and O–H groups in total. The maximum atomic E-state index is 12.6. The van der Waals surface area contributed by atoms with Gasteiger partial charge >= 0.3 is 0 Å². The van der Waals surface area contributed by atoms with E-state index in [0.717, 1.165) is 56.1 Å². The summed E-state index contributed by atoms with van der Waals surface area (Å²) in [6.45, 7) is 5.57. The van der Waals surface area contributed by atoms with Crippen molar-refractivity contribution in [2.24, 2.45) is 0 Å². The lowest BCUT2D eigenvalue weighted by atomic mass is 10.1. The first-order valence-electron chi connectivity index (χ1n) is 10.3. The number of fused-ring (bicyclic) bond motifs is 1. The Balaban J connectivity index is 1.38. The summed E-state index contributed by atoms with van der Waals surface area (Å²) in [5, 5.41) is 3.07. The molecule has 0 unspecified atom stereocenters. The lowest BCUT2D eigenvalue weighted by Gasteiger charge is -2.26. The van der Waals surface area contributed by atoms with Gasteiger partial charge in [-0.2, -0.15) is 0 Å². The number of morpholine rings is 1. The summed E-state index contributed by atoms with van der Waals surface area (Å²) in [5.74, 6) is 0.949. The third kappa shape index (κ3) is 5.22. The minimum atomic E-state index is 0.0319. The second-order valence-corrected chi connectivity index (χ2v) is 7.42. The van der Waals surface area contributed by atoms with Crippen molar-refractivity contribution in [2.75, 3.05) is 39.4 Å². The van der Waals surface area contributed by atoms with E-state index in [1.54, 1.807) is 0 Å². The number of imidazole rings is 1. The molecule has 0 spiro atoms. The number of nitrogens with zero attached hydrogens (tertiary/aromatic N) is 3. The first-order valence-corrected chi connectivity index (χ1v) is 10.3. The molecule has 152 valence electrons. The van der Waals surface area contributed by atoms with Crippen molar-refractivity contribution < 1.29 is 9.53 Å². The van der Waals surface area contributed by atoms with Crippen molar-refractivity contribution in [3.63, 3.8) is 0 Å². The summed E-state index contributed by atoms with van der Waals surface area (Å²) >= 11 is 0. The molecule has 3 aromatic rings. The van der Waals surface area contributed by atoms with Crippen molar-refractivity contribution in [2.45, 2.75) is 19.4 Å². The summed E-state index contributed by atoms with van der Waals surface area (Å²) in [5.41, 5.74) is 3.12. The van der Waals surface area contributed by atoms with Gasteiger partial charge in [0.15, 0.2) is 0 Å². The predicted molar refractivity (Wildman–Crippen MR) is 114 cm³/mol. The number of carbonyl (C=O) groups excluding carboxylic acids is 1. The maximum absolute atomic E-state index is 12.6. The highest BCUT2D eigenvalue weighted by Gasteiger charge is 2.14. The van der Waals surface area contributed by atoms with Crippen LogP contribution in [0.1, 0.15) is 17.8 Å². The summed E-state index contributed by atoms with van der Waals surface area (Å²) < 4.78 is 7.41. The second kappa shape index (κ2) is 9.67. The molecule has 0 bridgehead atoms. The van der Waals surface area contributed by atoms with Crippen LogP contribution in [-0.4, -0.2) is 59.8 Å². The molecular weight excluding hydrogens is 364 g/mol. The molecule has 1 aliphatic heterocycles. The molecule has 0 saturated carbocycles. The molecule has 6 nitrogen and oxygen atoms in total. The Bertz CT molecular complexity index is 932. The Kier molecular flexibility index (Phi) is 6.54. The van der Waals surface area contributed by atoms with Crippen LogP contribution in [0, 0.1) is 0 Å². The Morgan fingerprint density at radius 1 is 1.03 bits per heavy atom. The standard InChI is InChI=1S/C23H28N4O2/c28-23(24-11-6-12-26-13-15-29-16-14-26)18-27-21-10-5-4-9-20(21)25-22(27)17-19-7-2-1-3-8-19/h1-5,7-10H,6,11-18H2,(H,24,28). The fourth-order valence-electron chi connectivity index (χ4n) is 3.77. The smallest absolute Gasteiger partial charge is 0.240 e. The quantitative estimate of drug-likeness (QED) is 0.599. The van der Waals surface area contributed by atoms with Gasteiger partial charge in [0.1, 0.15) is 12.4 Å². The van der Waals surface area contributed by atoms with Gasteiger partial charge in [0.05, 0.1) is 24.2 Å². The van der Waals surface area contributed by atoms with Crippen molar-refractivity contribution >= 4 is 16.9 Å².